The number of piperazine rings is 1. The predicted octanol–water partition coefficient (Wildman–Crippen LogP) is 1.27. The first-order valence-electron chi connectivity index (χ1n) is 8.13. The number of nitrogens with zero attached hydrogens (tertiary/aromatic N) is 4. The molecule has 8 nitrogen and oxygen atoms in total. The second-order valence-corrected chi connectivity index (χ2v) is 5.82. The third kappa shape index (κ3) is 3.96. The van der Waals surface area contributed by atoms with Crippen molar-refractivity contribution in [2.24, 2.45) is 0 Å². The maximum absolute atomic E-state index is 12.5. The van der Waals surface area contributed by atoms with E-state index in [1.165, 1.54) is 6.07 Å². The fourth-order valence-electron chi connectivity index (χ4n) is 2.65. The van der Waals surface area contributed by atoms with Gasteiger partial charge in [-0.2, -0.15) is 0 Å². The number of aryl methyl sites for hydroxylation is 1. The molecule has 25 heavy (non-hydrogen) atoms. The highest BCUT2D eigenvalue weighted by atomic mass is 16.6. The lowest BCUT2D eigenvalue weighted by atomic mass is 10.2. The number of carbonyl (C=O) groups excluding carboxylic acids is 2. The number of rotatable bonds is 4. The zero-order valence-corrected chi connectivity index (χ0v) is 14.2. The summed E-state index contributed by atoms with van der Waals surface area (Å²) in [7, 11) is 0. The SMILES string of the molecule is Cc1ccc(C(=O)O[C@@H](C)C(=O)N2CCN(c3ncccn3)CC2)o1. The van der Waals surface area contributed by atoms with Gasteiger partial charge in [0, 0.05) is 38.6 Å². The lowest BCUT2D eigenvalue weighted by molar-refractivity contribution is -0.140. The summed E-state index contributed by atoms with van der Waals surface area (Å²) in [6, 6.07) is 4.97. The van der Waals surface area contributed by atoms with Crippen LogP contribution < -0.4 is 4.90 Å². The van der Waals surface area contributed by atoms with Gasteiger partial charge < -0.3 is 19.0 Å². The molecule has 0 unspecified atom stereocenters. The van der Waals surface area contributed by atoms with Crippen LogP contribution >= 0.6 is 0 Å². The maximum atomic E-state index is 12.5. The molecule has 2 aromatic rings. The number of hydrogen-bond donors (Lipinski definition) is 0. The Kier molecular flexibility index (Phi) is 4.97. The Morgan fingerprint density at radius 1 is 1.16 bits per heavy atom. The highest BCUT2D eigenvalue weighted by Gasteiger charge is 2.28. The van der Waals surface area contributed by atoms with Gasteiger partial charge in [0.15, 0.2) is 6.10 Å². The van der Waals surface area contributed by atoms with Crippen molar-refractivity contribution in [2.45, 2.75) is 20.0 Å². The smallest absolute Gasteiger partial charge is 0.375 e. The molecular weight excluding hydrogens is 324 g/mol. The Bertz CT molecular complexity index is 738. The van der Waals surface area contributed by atoms with Gasteiger partial charge in [-0.15, -0.1) is 0 Å². The molecule has 1 atom stereocenters. The summed E-state index contributed by atoms with van der Waals surface area (Å²) in [6.45, 7) is 5.63. The van der Waals surface area contributed by atoms with Crippen molar-refractivity contribution < 1.29 is 18.7 Å². The average Bonchev–Trinajstić information content (AvgIpc) is 3.08. The molecule has 2 aromatic heterocycles. The maximum Gasteiger partial charge on any atom is 0.375 e. The summed E-state index contributed by atoms with van der Waals surface area (Å²) in [5, 5.41) is 0. The average molecular weight is 344 g/mol. The number of carbonyl (C=O) groups is 2. The topological polar surface area (TPSA) is 88.8 Å². The molecule has 1 amide bonds. The number of ether oxygens (including phenoxy) is 1. The molecule has 0 aliphatic carbocycles. The molecule has 8 heteroatoms. The molecule has 1 aliphatic rings. The molecule has 132 valence electrons. The van der Waals surface area contributed by atoms with E-state index in [9.17, 15) is 9.59 Å². The Balaban J connectivity index is 1.52. The summed E-state index contributed by atoms with van der Waals surface area (Å²) in [5.41, 5.74) is 0. The van der Waals surface area contributed by atoms with Gasteiger partial charge in [0.05, 0.1) is 0 Å². The first-order chi connectivity index (χ1) is 12.0. The molecule has 0 saturated carbocycles. The zero-order valence-electron chi connectivity index (χ0n) is 14.2. The fraction of sp³-hybridized carbons (Fsp3) is 0.412. The Labute approximate surface area is 145 Å². The Hall–Kier alpha value is -2.90. The standard InChI is InChI=1S/C17H20N4O4/c1-12-4-5-14(24-12)16(23)25-13(2)15(22)20-8-10-21(11-9-20)17-18-6-3-7-19-17/h3-7,13H,8-11H2,1-2H3/t13-/m0/s1. The Morgan fingerprint density at radius 3 is 2.44 bits per heavy atom. The molecule has 0 N–H and O–H groups in total. The van der Waals surface area contributed by atoms with E-state index in [0.717, 1.165) is 0 Å². The number of esters is 1. The monoisotopic (exact) mass is 344 g/mol. The van der Waals surface area contributed by atoms with Crippen molar-refractivity contribution in [3.05, 3.63) is 42.1 Å². The van der Waals surface area contributed by atoms with Gasteiger partial charge in [-0.3, -0.25) is 4.79 Å². The lowest BCUT2D eigenvalue weighted by Crippen LogP contribution is -2.52. The van der Waals surface area contributed by atoms with Gasteiger partial charge in [-0.05, 0) is 32.0 Å². The van der Waals surface area contributed by atoms with Crippen LogP contribution in [0.25, 0.3) is 0 Å². The highest BCUT2D eigenvalue weighted by Crippen LogP contribution is 2.13. The molecule has 0 spiro atoms. The van der Waals surface area contributed by atoms with E-state index < -0.39 is 12.1 Å². The van der Waals surface area contributed by atoms with E-state index >= 15 is 0 Å². The molecular formula is C17H20N4O4. The molecule has 3 heterocycles. The van der Waals surface area contributed by atoms with Gasteiger partial charge >= 0.3 is 5.97 Å². The first kappa shape index (κ1) is 16.9. The molecule has 1 fully saturated rings. The van der Waals surface area contributed by atoms with E-state index in [-0.39, 0.29) is 11.7 Å². The number of anilines is 1. The quantitative estimate of drug-likeness (QED) is 0.772. The molecule has 0 radical (unpaired) electrons. The number of furan rings is 1. The van der Waals surface area contributed by atoms with Crippen LogP contribution in [0, 0.1) is 6.92 Å². The predicted molar refractivity (Wildman–Crippen MR) is 89.1 cm³/mol. The van der Waals surface area contributed by atoms with Crippen LogP contribution in [0.5, 0.6) is 0 Å². The van der Waals surface area contributed by atoms with Crippen LogP contribution in [-0.4, -0.2) is 59.0 Å². The van der Waals surface area contributed by atoms with Gasteiger partial charge in [-0.25, -0.2) is 14.8 Å². The van der Waals surface area contributed by atoms with Crippen LogP contribution in [0.3, 0.4) is 0 Å². The first-order valence-corrected chi connectivity index (χ1v) is 8.13. The molecule has 0 bridgehead atoms. The summed E-state index contributed by atoms with van der Waals surface area (Å²) < 4.78 is 10.4. The lowest BCUT2D eigenvalue weighted by Gasteiger charge is -2.35. The van der Waals surface area contributed by atoms with Gasteiger partial charge in [-0.1, -0.05) is 0 Å². The second-order valence-electron chi connectivity index (χ2n) is 5.82. The second kappa shape index (κ2) is 7.33. The van der Waals surface area contributed by atoms with Crippen molar-refractivity contribution in [2.75, 3.05) is 31.1 Å². The van der Waals surface area contributed by atoms with Crippen LogP contribution in [0.4, 0.5) is 5.95 Å². The summed E-state index contributed by atoms with van der Waals surface area (Å²) in [4.78, 5) is 36.6. The van der Waals surface area contributed by atoms with Crippen molar-refractivity contribution in [3.63, 3.8) is 0 Å². The number of amides is 1. The molecule has 3 rings (SSSR count). The van der Waals surface area contributed by atoms with Crippen molar-refractivity contribution >= 4 is 17.8 Å². The third-order valence-corrected chi connectivity index (χ3v) is 4.00. The van der Waals surface area contributed by atoms with E-state index in [1.807, 2.05) is 4.90 Å². The van der Waals surface area contributed by atoms with Crippen molar-refractivity contribution in [3.8, 4) is 0 Å². The highest BCUT2D eigenvalue weighted by molar-refractivity contribution is 5.90. The summed E-state index contributed by atoms with van der Waals surface area (Å²) >= 11 is 0. The van der Waals surface area contributed by atoms with Crippen LogP contribution in [0.15, 0.2) is 35.0 Å². The number of aromatic nitrogens is 2. The summed E-state index contributed by atoms with van der Waals surface area (Å²) in [6.07, 6.45) is 2.52. The van der Waals surface area contributed by atoms with Gasteiger partial charge in [0.2, 0.25) is 11.7 Å². The van der Waals surface area contributed by atoms with Crippen molar-refractivity contribution in [1.29, 1.82) is 0 Å². The number of hydrogen-bond acceptors (Lipinski definition) is 7. The van der Waals surface area contributed by atoms with E-state index in [0.29, 0.717) is 37.9 Å². The normalized spacial score (nSPS) is 15.8. The molecule has 1 aliphatic heterocycles. The van der Waals surface area contributed by atoms with Gasteiger partial charge in [0.25, 0.3) is 5.91 Å². The van der Waals surface area contributed by atoms with E-state index in [1.54, 1.807) is 43.3 Å². The zero-order chi connectivity index (χ0) is 17.8. The minimum absolute atomic E-state index is 0.100. The third-order valence-electron chi connectivity index (χ3n) is 4.00. The fourth-order valence-corrected chi connectivity index (χ4v) is 2.65. The largest absolute Gasteiger partial charge is 0.454 e. The van der Waals surface area contributed by atoms with Crippen LogP contribution in [-0.2, 0) is 9.53 Å². The summed E-state index contributed by atoms with van der Waals surface area (Å²) in [5.74, 6) is 0.520. The van der Waals surface area contributed by atoms with Crippen LogP contribution in [0.2, 0.25) is 0 Å². The Morgan fingerprint density at radius 2 is 1.84 bits per heavy atom. The molecule has 0 aromatic carbocycles. The van der Waals surface area contributed by atoms with Gasteiger partial charge in [0.1, 0.15) is 5.76 Å². The minimum atomic E-state index is -0.863. The van der Waals surface area contributed by atoms with Crippen LogP contribution in [0.1, 0.15) is 23.2 Å². The minimum Gasteiger partial charge on any atom is -0.454 e. The van der Waals surface area contributed by atoms with E-state index in [2.05, 4.69) is 9.97 Å². The van der Waals surface area contributed by atoms with Crippen molar-refractivity contribution in [1.82, 2.24) is 14.9 Å². The molecule has 1 saturated heterocycles. The van der Waals surface area contributed by atoms with E-state index in [4.69, 9.17) is 9.15 Å².